The van der Waals surface area contributed by atoms with E-state index in [0.717, 1.165) is 19.8 Å². The molecule has 0 bridgehead atoms. The number of carboxylic acids is 1. The molecule has 2 aliphatic heterocycles. The predicted octanol–water partition coefficient (Wildman–Crippen LogP) is 7.77. The van der Waals surface area contributed by atoms with E-state index in [1.54, 1.807) is 55.8 Å². The molecule has 25 heteroatoms. The molecule has 2 fully saturated rings. The lowest BCUT2D eigenvalue weighted by Gasteiger charge is -2.44. The van der Waals surface area contributed by atoms with Crippen molar-refractivity contribution in [3.63, 3.8) is 0 Å². The van der Waals surface area contributed by atoms with E-state index in [1.807, 2.05) is 65.8 Å². The number of amides is 4. The van der Waals surface area contributed by atoms with Crippen LogP contribution in [0.4, 0.5) is 9.59 Å². The maximum atomic E-state index is 13.6. The van der Waals surface area contributed by atoms with Gasteiger partial charge in [-0.15, -0.1) is 12.8 Å². The molecule has 520 valence electrons. The molecule has 2 heterocycles. The third kappa shape index (κ3) is 35.1. The van der Waals surface area contributed by atoms with Gasteiger partial charge >= 0.3 is 18.4 Å². The molecule has 0 radical (unpaired) electrons. The number of nitrogens with one attached hydrogen (secondary N) is 2. The van der Waals surface area contributed by atoms with E-state index in [9.17, 15) is 24.0 Å². The Labute approximate surface area is 543 Å². The van der Waals surface area contributed by atoms with Crippen molar-refractivity contribution in [1.82, 2.24) is 20.4 Å². The van der Waals surface area contributed by atoms with Crippen molar-refractivity contribution in [1.29, 1.82) is 0 Å². The number of rotatable bonds is 42. The number of hydrogen-bond acceptors (Lipinski definition) is 19. The molecular weight excluding hydrogens is 1180 g/mol. The monoisotopic (exact) mass is 1290 g/mol. The second-order valence-corrected chi connectivity index (χ2v) is 23.7. The first-order valence-corrected chi connectivity index (χ1v) is 31.3. The molecule has 4 amide bonds. The molecule has 0 aliphatic carbocycles. The SMILES string of the molecule is C#CCOCCOCCOCCOCCC(=O)N[C@H]([C@H]1[C@H](/C=C\C)C[C@H](OC=O)N1C(=O)OC(C)(C)C)[C@](C)(CCC)OC.CC(=O)O.[C-]#[N+][C@H]1C[C@@H](/C=C\C)[C@H]([C@@H](NC(=O)CCOCCOCCOCCOCC#C)[C@](C)(CCC)OC)N1C(=O)OC(C)(C)C. The summed E-state index contributed by atoms with van der Waals surface area (Å²) < 4.78 is 72.1. The minimum absolute atomic E-state index is 0.0882. The summed E-state index contributed by atoms with van der Waals surface area (Å²) in [5.41, 5.74) is -3.19. The summed E-state index contributed by atoms with van der Waals surface area (Å²) in [7, 11) is 3.20. The van der Waals surface area contributed by atoms with Crippen LogP contribution in [0.25, 0.3) is 4.85 Å². The van der Waals surface area contributed by atoms with Crippen molar-refractivity contribution >= 4 is 36.4 Å². The molecule has 0 unspecified atom stereocenters. The van der Waals surface area contributed by atoms with Gasteiger partial charge in [0.15, 0.2) is 6.23 Å². The van der Waals surface area contributed by atoms with Crippen molar-refractivity contribution in [3.05, 3.63) is 35.7 Å². The van der Waals surface area contributed by atoms with Gasteiger partial charge in [0.2, 0.25) is 11.8 Å². The molecule has 3 N–H and O–H groups in total. The quantitative estimate of drug-likeness (QED) is 0.0131. The minimum atomic E-state index is -0.869. The van der Waals surface area contributed by atoms with Crippen LogP contribution in [0, 0.1) is 43.1 Å². The topological polar surface area (TPSA) is 278 Å². The van der Waals surface area contributed by atoms with Crippen molar-refractivity contribution in [2.24, 2.45) is 11.8 Å². The molecule has 2 aliphatic rings. The molecule has 0 aromatic heterocycles. The average Bonchev–Trinajstić information content (AvgIpc) is 1.67. The van der Waals surface area contributed by atoms with Crippen LogP contribution in [0.2, 0.25) is 0 Å². The Bertz CT molecular complexity index is 2250. The molecular formula is C66H111N5O20. The Kier molecular flexibility index (Phi) is 44.8. The molecule has 10 atom stereocenters. The van der Waals surface area contributed by atoms with Gasteiger partial charge < -0.3 is 77.3 Å². The number of hydrogen-bond donors (Lipinski definition) is 3. The number of likely N-dealkylation sites (tertiary alicyclic amines) is 2. The van der Waals surface area contributed by atoms with Crippen molar-refractivity contribution in [3.8, 4) is 24.7 Å². The first-order valence-electron chi connectivity index (χ1n) is 31.3. The highest BCUT2D eigenvalue weighted by molar-refractivity contribution is 5.78. The minimum Gasteiger partial charge on any atom is -0.481 e. The number of methoxy groups -OCH3 is 2. The molecule has 91 heavy (non-hydrogen) atoms. The first-order chi connectivity index (χ1) is 43.2. The number of allylic oxidation sites excluding steroid dienone is 2. The maximum Gasteiger partial charge on any atom is 0.416 e. The smallest absolute Gasteiger partial charge is 0.416 e. The number of terminal acetylenes is 2. The Morgan fingerprint density at radius 3 is 1.23 bits per heavy atom. The van der Waals surface area contributed by atoms with Crippen LogP contribution in [-0.2, 0) is 80.8 Å². The highest BCUT2D eigenvalue weighted by atomic mass is 16.6. The van der Waals surface area contributed by atoms with E-state index in [1.165, 1.54) is 9.80 Å². The fourth-order valence-corrected chi connectivity index (χ4v) is 10.3. The summed E-state index contributed by atoms with van der Waals surface area (Å²) >= 11 is 0. The second-order valence-electron chi connectivity index (χ2n) is 23.7. The van der Waals surface area contributed by atoms with Crippen molar-refractivity contribution in [2.75, 3.05) is 120 Å². The summed E-state index contributed by atoms with van der Waals surface area (Å²) in [5.74, 6) is 3.02. The van der Waals surface area contributed by atoms with Crippen LogP contribution in [-0.4, -0.2) is 230 Å². The van der Waals surface area contributed by atoms with Gasteiger partial charge in [-0.3, -0.25) is 28.9 Å². The van der Waals surface area contributed by atoms with E-state index in [2.05, 4.69) is 27.3 Å². The lowest BCUT2D eigenvalue weighted by atomic mass is 9.80. The van der Waals surface area contributed by atoms with Gasteiger partial charge in [-0.2, -0.15) is 0 Å². The van der Waals surface area contributed by atoms with Crippen LogP contribution >= 0.6 is 0 Å². The molecule has 2 rings (SSSR count). The zero-order valence-electron chi connectivity index (χ0n) is 57.2. The van der Waals surface area contributed by atoms with E-state index < -0.39 is 77.1 Å². The highest BCUT2D eigenvalue weighted by Crippen LogP contribution is 2.41. The Hall–Kier alpha value is -5.89. The molecule has 2 saturated heterocycles. The normalized spacial score (nSPS) is 20.0. The highest BCUT2D eigenvalue weighted by Gasteiger charge is 2.57. The molecule has 0 aromatic carbocycles. The van der Waals surface area contributed by atoms with Gasteiger partial charge in [-0.05, 0) is 82.1 Å². The number of nitrogens with zero attached hydrogens (tertiary/aromatic N) is 3. The van der Waals surface area contributed by atoms with Gasteiger partial charge in [0.25, 0.3) is 12.4 Å². The van der Waals surface area contributed by atoms with Gasteiger partial charge in [0.05, 0.1) is 134 Å². The lowest BCUT2D eigenvalue weighted by molar-refractivity contribution is -0.143. The fraction of sp³-hybridized carbons (Fsp3) is 0.773. The van der Waals surface area contributed by atoms with Crippen LogP contribution in [0.5, 0.6) is 0 Å². The van der Waals surface area contributed by atoms with Crippen LogP contribution in [0.15, 0.2) is 24.3 Å². The number of carbonyl (C=O) groups excluding carboxylic acids is 5. The Morgan fingerprint density at radius 1 is 0.593 bits per heavy atom. The Balaban J connectivity index is 0.00000168. The Morgan fingerprint density at radius 2 is 0.923 bits per heavy atom. The van der Waals surface area contributed by atoms with Gasteiger partial charge in [0.1, 0.15) is 24.4 Å². The van der Waals surface area contributed by atoms with Crippen LogP contribution in [0.3, 0.4) is 0 Å². The second kappa shape index (κ2) is 47.9. The number of carbonyl (C=O) groups is 6. The third-order valence-corrected chi connectivity index (χ3v) is 14.2. The lowest BCUT2D eigenvalue weighted by Crippen LogP contribution is -2.64. The number of carboxylic acid groups (broad SMARTS) is 1. The maximum absolute atomic E-state index is 13.6. The summed E-state index contributed by atoms with van der Waals surface area (Å²) in [6.07, 6.45) is 18.9. The zero-order valence-corrected chi connectivity index (χ0v) is 57.2. The average molecular weight is 1290 g/mol. The van der Waals surface area contributed by atoms with Gasteiger partial charge in [-0.1, -0.05) is 62.8 Å². The van der Waals surface area contributed by atoms with Crippen LogP contribution < -0.4 is 10.6 Å². The molecule has 25 nitrogen and oxygen atoms in total. The summed E-state index contributed by atoms with van der Waals surface area (Å²) in [6.45, 7) is 37.4. The molecule has 0 saturated carbocycles. The van der Waals surface area contributed by atoms with E-state index in [4.69, 9.17) is 90.9 Å². The van der Waals surface area contributed by atoms with Crippen LogP contribution in [0.1, 0.15) is 141 Å². The van der Waals surface area contributed by atoms with E-state index in [-0.39, 0.29) is 62.9 Å². The molecule has 0 spiro atoms. The predicted molar refractivity (Wildman–Crippen MR) is 342 cm³/mol. The zero-order chi connectivity index (χ0) is 68.9. The van der Waals surface area contributed by atoms with Gasteiger partial charge in [-0.25, -0.2) is 21.1 Å². The van der Waals surface area contributed by atoms with E-state index in [0.29, 0.717) is 111 Å². The standard InChI is InChI=1S/C32H53N3O8.C32H54N2O10.C2H4O2/c1-10-13-25-24-26(33-8)35(30(37)43-31(4,5)6)28(25)29(32(7,38-9)15-11-2)34-27(36)14-17-40-19-21-42-23-22-41-20-18-39-16-12-3;1-9-12-25-23-27(43-24-35)34(30(37)44-31(4,5)6)28(25)29(32(7,38-8)14-10-2)33-26(36)13-16-40-18-20-42-22-21-41-19-17-39-15-11-3;1-2(3)4/h3,10,13,25-26,28-29H,11,14-24H2,1-2,4-7,9H3,(H,34,36);3,9,12,24-25,27-29H,10,13-23H2,1-2,4-8H3,(H,33,36);1H3,(H,3,4)/b13-10-;12-9-;/t25-,26-,28-,29-,32+;25-,27+,28-,29-,32+;/m11./s1. The largest absolute Gasteiger partial charge is 0.481 e. The van der Waals surface area contributed by atoms with E-state index >= 15 is 0 Å². The third-order valence-electron chi connectivity index (χ3n) is 14.2. The van der Waals surface area contributed by atoms with Crippen molar-refractivity contribution in [2.45, 2.75) is 200 Å². The number of aliphatic carboxylic acids is 1. The van der Waals surface area contributed by atoms with Crippen molar-refractivity contribution < 1.29 is 95.5 Å². The summed E-state index contributed by atoms with van der Waals surface area (Å²) in [4.78, 5) is 80.8. The fourth-order valence-electron chi connectivity index (χ4n) is 10.3. The summed E-state index contributed by atoms with van der Waals surface area (Å²) in [5, 5.41) is 13.7. The molecule has 0 aromatic rings. The first kappa shape index (κ1) is 85.1. The number of ether oxygens (including phenoxy) is 13. The van der Waals surface area contributed by atoms with Gasteiger partial charge in [0, 0.05) is 52.2 Å². The summed E-state index contributed by atoms with van der Waals surface area (Å²) in [6, 6.07) is -2.43.